The lowest BCUT2D eigenvalue weighted by Crippen LogP contribution is -2.05. The molecule has 0 radical (unpaired) electrons. The molecule has 0 aromatic carbocycles. The predicted octanol–water partition coefficient (Wildman–Crippen LogP) is 0.275. The topological polar surface area (TPSA) is 44.1 Å². The van der Waals surface area contributed by atoms with E-state index in [2.05, 4.69) is 9.84 Å². The van der Waals surface area contributed by atoms with Crippen LogP contribution < -0.4 is 0 Å². The van der Waals surface area contributed by atoms with Gasteiger partial charge in [0.15, 0.2) is 0 Å². The van der Waals surface area contributed by atoms with Crippen molar-refractivity contribution in [1.29, 1.82) is 0 Å². The van der Waals surface area contributed by atoms with Gasteiger partial charge in [-0.25, -0.2) is 4.68 Å². The lowest BCUT2D eigenvalue weighted by molar-refractivity contribution is -0.139. The second kappa shape index (κ2) is 3.34. The van der Waals surface area contributed by atoms with E-state index >= 15 is 0 Å². The van der Waals surface area contributed by atoms with Crippen LogP contribution in [0.4, 0.5) is 4.39 Å². The fourth-order valence-corrected chi connectivity index (χ4v) is 0.814. The Morgan fingerprint density at radius 3 is 2.92 bits per heavy atom. The molecule has 1 aromatic rings. The molecule has 0 amide bonds. The van der Waals surface area contributed by atoms with E-state index in [0.717, 1.165) is 4.68 Å². The molecule has 1 aromatic heterocycles. The normalized spacial score (nSPS) is 9.92. The van der Waals surface area contributed by atoms with Gasteiger partial charge in [0.1, 0.15) is 0 Å². The summed E-state index contributed by atoms with van der Waals surface area (Å²) in [5.41, 5.74) is 0.254. The van der Waals surface area contributed by atoms with Crippen LogP contribution in [0.25, 0.3) is 0 Å². The largest absolute Gasteiger partial charge is 0.469 e. The molecule has 5 heteroatoms. The molecule has 0 bridgehead atoms. The molecule has 0 saturated heterocycles. The van der Waals surface area contributed by atoms with E-state index < -0.39 is 11.9 Å². The minimum atomic E-state index is -0.500. The molecular weight excluding hydrogens is 163 g/mol. The number of aromatic nitrogens is 2. The first-order chi connectivity index (χ1) is 5.65. The number of methoxy groups -OCH3 is 1. The molecule has 1 heterocycles. The number of hydrogen-bond donors (Lipinski definition) is 0. The Bertz CT molecular complexity index is 296. The van der Waals surface area contributed by atoms with Crippen molar-refractivity contribution in [2.24, 2.45) is 7.05 Å². The lowest BCUT2D eigenvalue weighted by atomic mass is 10.2. The van der Waals surface area contributed by atoms with Crippen molar-refractivity contribution in [1.82, 2.24) is 9.78 Å². The molecule has 66 valence electrons. The third-order valence-electron chi connectivity index (χ3n) is 1.50. The van der Waals surface area contributed by atoms with Crippen molar-refractivity contribution in [2.45, 2.75) is 6.42 Å². The van der Waals surface area contributed by atoms with E-state index in [1.807, 2.05) is 0 Å². The Balaban J connectivity index is 2.76. The van der Waals surface area contributed by atoms with Gasteiger partial charge in [-0.1, -0.05) is 0 Å². The lowest BCUT2D eigenvalue weighted by Gasteiger charge is -1.95. The Morgan fingerprint density at radius 1 is 1.83 bits per heavy atom. The first-order valence-electron chi connectivity index (χ1n) is 3.38. The van der Waals surface area contributed by atoms with Crippen LogP contribution in [-0.4, -0.2) is 22.9 Å². The van der Waals surface area contributed by atoms with Crippen LogP contribution in [0.15, 0.2) is 6.20 Å². The summed E-state index contributed by atoms with van der Waals surface area (Å²) in [6.45, 7) is 0. The molecule has 0 aliphatic carbocycles. The quantitative estimate of drug-likeness (QED) is 0.601. The summed E-state index contributed by atoms with van der Waals surface area (Å²) in [6, 6.07) is 0. The highest BCUT2D eigenvalue weighted by molar-refractivity contribution is 5.72. The summed E-state index contributed by atoms with van der Waals surface area (Å²) in [6.07, 6.45) is 1.24. The van der Waals surface area contributed by atoms with Crippen molar-refractivity contribution in [3.63, 3.8) is 0 Å². The number of carbonyl (C=O) groups is 1. The fraction of sp³-hybridized carbons (Fsp3) is 0.429. The molecule has 12 heavy (non-hydrogen) atoms. The van der Waals surface area contributed by atoms with E-state index in [1.54, 1.807) is 0 Å². The zero-order chi connectivity index (χ0) is 9.14. The molecule has 1 rings (SSSR count). The standard InChI is InChI=1S/C7H9FN2O2/c1-10-7(8)5(4-9-10)3-6(11)12-2/h4H,3H2,1-2H3. The highest BCUT2D eigenvalue weighted by Gasteiger charge is 2.11. The first-order valence-corrected chi connectivity index (χ1v) is 3.38. The third kappa shape index (κ3) is 1.61. The van der Waals surface area contributed by atoms with E-state index in [9.17, 15) is 9.18 Å². The summed E-state index contributed by atoms with van der Waals surface area (Å²) in [7, 11) is 2.73. The number of halogens is 1. The fourth-order valence-electron chi connectivity index (χ4n) is 0.814. The Morgan fingerprint density at radius 2 is 2.50 bits per heavy atom. The smallest absolute Gasteiger partial charge is 0.310 e. The van der Waals surface area contributed by atoms with Gasteiger partial charge in [-0.05, 0) is 0 Å². The van der Waals surface area contributed by atoms with E-state index in [1.165, 1.54) is 20.4 Å². The van der Waals surface area contributed by atoms with Crippen LogP contribution >= 0.6 is 0 Å². The summed E-state index contributed by atoms with van der Waals surface area (Å²) >= 11 is 0. The minimum absolute atomic E-state index is 0.0732. The number of carbonyl (C=O) groups excluding carboxylic acids is 1. The van der Waals surface area contributed by atoms with Crippen molar-refractivity contribution < 1.29 is 13.9 Å². The average Bonchev–Trinajstić information content (AvgIpc) is 2.36. The number of aryl methyl sites for hydroxylation is 1. The number of rotatable bonds is 2. The summed E-state index contributed by atoms with van der Waals surface area (Å²) in [5.74, 6) is -0.970. The Kier molecular flexibility index (Phi) is 2.42. The molecular formula is C7H9FN2O2. The van der Waals surface area contributed by atoms with Crippen molar-refractivity contribution >= 4 is 5.97 Å². The minimum Gasteiger partial charge on any atom is -0.469 e. The van der Waals surface area contributed by atoms with E-state index in [0.29, 0.717) is 0 Å². The zero-order valence-corrected chi connectivity index (χ0v) is 6.87. The van der Waals surface area contributed by atoms with Crippen LogP contribution in [-0.2, 0) is 23.0 Å². The monoisotopic (exact) mass is 172 g/mol. The van der Waals surface area contributed by atoms with Gasteiger partial charge in [0, 0.05) is 12.6 Å². The average molecular weight is 172 g/mol. The summed E-state index contributed by atoms with van der Waals surface area (Å²) in [5, 5.41) is 3.64. The van der Waals surface area contributed by atoms with Gasteiger partial charge in [-0.2, -0.15) is 9.49 Å². The number of hydrogen-bond acceptors (Lipinski definition) is 3. The maximum atomic E-state index is 13.0. The van der Waals surface area contributed by atoms with Crippen molar-refractivity contribution in [3.05, 3.63) is 17.7 Å². The van der Waals surface area contributed by atoms with Crippen molar-refractivity contribution in [3.8, 4) is 0 Å². The van der Waals surface area contributed by atoms with Crippen LogP contribution in [0.2, 0.25) is 0 Å². The van der Waals surface area contributed by atoms with Gasteiger partial charge in [0.05, 0.1) is 19.7 Å². The van der Waals surface area contributed by atoms with Gasteiger partial charge < -0.3 is 4.74 Å². The number of ether oxygens (including phenoxy) is 1. The maximum Gasteiger partial charge on any atom is 0.310 e. The highest BCUT2D eigenvalue weighted by atomic mass is 19.1. The molecule has 0 unspecified atom stereocenters. The zero-order valence-electron chi connectivity index (χ0n) is 6.87. The molecule has 0 aliphatic rings. The molecule has 0 spiro atoms. The Hall–Kier alpha value is -1.39. The van der Waals surface area contributed by atoms with Gasteiger partial charge in [-0.15, -0.1) is 0 Å². The van der Waals surface area contributed by atoms with Gasteiger partial charge in [0.25, 0.3) is 0 Å². The van der Waals surface area contributed by atoms with Gasteiger partial charge in [-0.3, -0.25) is 4.79 Å². The SMILES string of the molecule is COC(=O)Cc1cnn(C)c1F. The first kappa shape index (κ1) is 8.70. The van der Waals surface area contributed by atoms with Crippen LogP contribution in [0.1, 0.15) is 5.56 Å². The van der Waals surface area contributed by atoms with Crippen LogP contribution in [0.3, 0.4) is 0 Å². The molecule has 4 nitrogen and oxygen atoms in total. The van der Waals surface area contributed by atoms with E-state index in [-0.39, 0.29) is 12.0 Å². The maximum absolute atomic E-state index is 13.0. The summed E-state index contributed by atoms with van der Waals surface area (Å²) < 4.78 is 18.4. The molecule has 0 fully saturated rings. The van der Waals surface area contributed by atoms with Gasteiger partial charge in [0.2, 0.25) is 5.95 Å². The number of esters is 1. The molecule has 0 atom stereocenters. The molecule has 0 aliphatic heterocycles. The van der Waals surface area contributed by atoms with Crippen molar-refractivity contribution in [2.75, 3.05) is 7.11 Å². The van der Waals surface area contributed by atoms with E-state index in [4.69, 9.17) is 0 Å². The predicted molar refractivity (Wildman–Crippen MR) is 38.9 cm³/mol. The second-order valence-corrected chi connectivity index (χ2v) is 2.34. The highest BCUT2D eigenvalue weighted by Crippen LogP contribution is 2.05. The summed E-state index contributed by atoms with van der Waals surface area (Å²) in [4.78, 5) is 10.7. The number of nitrogens with zero attached hydrogens (tertiary/aromatic N) is 2. The van der Waals surface area contributed by atoms with Gasteiger partial charge >= 0.3 is 5.97 Å². The second-order valence-electron chi connectivity index (χ2n) is 2.34. The van der Waals surface area contributed by atoms with Crippen LogP contribution in [0, 0.1) is 5.95 Å². The Labute approximate surface area is 68.9 Å². The molecule has 0 saturated carbocycles. The third-order valence-corrected chi connectivity index (χ3v) is 1.50. The molecule has 0 N–H and O–H groups in total. The van der Waals surface area contributed by atoms with Crippen LogP contribution in [0.5, 0.6) is 0 Å².